The van der Waals surface area contributed by atoms with Crippen LogP contribution < -0.4 is 5.69 Å². The van der Waals surface area contributed by atoms with Crippen LogP contribution in [-0.2, 0) is 13.1 Å². The lowest BCUT2D eigenvalue weighted by Gasteiger charge is -2.26. The summed E-state index contributed by atoms with van der Waals surface area (Å²) >= 11 is 5.89. The van der Waals surface area contributed by atoms with Crippen molar-refractivity contribution in [1.29, 1.82) is 0 Å². The summed E-state index contributed by atoms with van der Waals surface area (Å²) in [6.07, 6.45) is -10.2. The van der Waals surface area contributed by atoms with Crippen molar-refractivity contribution in [2.45, 2.75) is 50.4 Å². The minimum absolute atomic E-state index is 0.0205. The lowest BCUT2D eigenvalue weighted by atomic mass is 10.2. The number of aliphatic hydroxyl groups is 1. The number of alkyl halides is 6. The van der Waals surface area contributed by atoms with Gasteiger partial charge in [0.05, 0.1) is 12.2 Å². The van der Waals surface area contributed by atoms with Crippen molar-refractivity contribution in [3.05, 3.63) is 75.9 Å². The molecule has 1 aliphatic rings. The molecule has 3 aromatic heterocycles. The van der Waals surface area contributed by atoms with Crippen LogP contribution in [-0.4, -0.2) is 81.1 Å². The van der Waals surface area contributed by atoms with Crippen LogP contribution in [0.4, 0.5) is 26.3 Å². The minimum atomic E-state index is -5.01. The van der Waals surface area contributed by atoms with E-state index in [1.54, 1.807) is 0 Å². The van der Waals surface area contributed by atoms with Crippen LogP contribution in [0.3, 0.4) is 0 Å². The molecule has 0 spiro atoms. The molecule has 1 fully saturated rings. The van der Waals surface area contributed by atoms with Crippen LogP contribution in [0.15, 0.2) is 53.7 Å². The Morgan fingerprint density at radius 1 is 1.07 bits per heavy atom. The van der Waals surface area contributed by atoms with Crippen LogP contribution in [0.1, 0.15) is 29.2 Å². The number of carbonyl (C=O) groups excluding carboxylic acids is 1. The molecule has 4 aromatic rings. The van der Waals surface area contributed by atoms with Gasteiger partial charge in [0.15, 0.2) is 23.4 Å². The first-order chi connectivity index (χ1) is 20.2. The average molecular weight is 631 g/mol. The summed E-state index contributed by atoms with van der Waals surface area (Å²) < 4.78 is 82.3. The zero-order chi connectivity index (χ0) is 31.1. The third-order valence-corrected chi connectivity index (χ3v) is 6.97. The van der Waals surface area contributed by atoms with E-state index in [0.717, 1.165) is 15.7 Å². The highest BCUT2D eigenvalue weighted by molar-refractivity contribution is 6.30. The number of hydrogen-bond donors (Lipinski definition) is 1. The molecule has 1 aliphatic heterocycles. The smallest absolute Gasteiger partial charge is 0.382 e. The van der Waals surface area contributed by atoms with Gasteiger partial charge in [-0.05, 0) is 49.2 Å². The monoisotopic (exact) mass is 630 g/mol. The summed E-state index contributed by atoms with van der Waals surface area (Å²) in [7, 11) is 0. The van der Waals surface area contributed by atoms with Crippen LogP contribution in [0.5, 0.6) is 0 Å². The maximum absolute atomic E-state index is 13.5. The molecule has 1 N–H and O–H groups in total. The summed E-state index contributed by atoms with van der Waals surface area (Å²) in [5.41, 5.74) is -1.05. The van der Waals surface area contributed by atoms with Gasteiger partial charge in [-0.25, -0.2) is 24.1 Å². The lowest BCUT2D eigenvalue weighted by Crippen LogP contribution is -2.45. The molecule has 18 heteroatoms. The van der Waals surface area contributed by atoms with Gasteiger partial charge in [-0.1, -0.05) is 11.6 Å². The van der Waals surface area contributed by atoms with Crippen molar-refractivity contribution in [3.63, 3.8) is 0 Å². The normalized spacial score (nSPS) is 16.6. The van der Waals surface area contributed by atoms with Crippen LogP contribution >= 0.6 is 11.6 Å². The fraction of sp³-hybridized carbons (Fsp3) is 0.360. The zero-order valence-corrected chi connectivity index (χ0v) is 22.6. The van der Waals surface area contributed by atoms with Gasteiger partial charge in [0, 0.05) is 23.3 Å². The number of amides is 1. The van der Waals surface area contributed by atoms with Crippen LogP contribution in [0.25, 0.3) is 17.1 Å². The van der Waals surface area contributed by atoms with Gasteiger partial charge in [-0.15, -0.1) is 10.2 Å². The van der Waals surface area contributed by atoms with Gasteiger partial charge in [0.25, 0.3) is 5.91 Å². The molecule has 43 heavy (non-hydrogen) atoms. The molecule has 0 unspecified atom stereocenters. The summed E-state index contributed by atoms with van der Waals surface area (Å²) in [5.74, 6) is -1.20. The van der Waals surface area contributed by atoms with Gasteiger partial charge >= 0.3 is 18.0 Å². The summed E-state index contributed by atoms with van der Waals surface area (Å²) in [4.78, 5) is 35.0. The molecule has 2 atom stereocenters. The van der Waals surface area contributed by atoms with E-state index < -0.39 is 49.2 Å². The number of halogens is 7. The SMILES string of the molecule is O=C(c1ncccc1-n1cnc(Cn2nc(-c3ccc(Cl)cc3)n(C[C@@H](O)C(F)(F)F)c2=O)n1)N1CCC[C@H]1C(F)(F)F. The van der Waals surface area contributed by atoms with E-state index in [4.69, 9.17) is 11.6 Å². The predicted octanol–water partition coefficient (Wildman–Crippen LogP) is 3.48. The predicted molar refractivity (Wildman–Crippen MR) is 137 cm³/mol. The lowest BCUT2D eigenvalue weighted by molar-refractivity contribution is -0.207. The highest BCUT2D eigenvalue weighted by atomic mass is 35.5. The van der Waals surface area contributed by atoms with Crippen molar-refractivity contribution in [2.24, 2.45) is 0 Å². The molecule has 1 aromatic carbocycles. The molecule has 1 amide bonds. The molecule has 0 aliphatic carbocycles. The molecular weight excluding hydrogens is 610 g/mol. The Morgan fingerprint density at radius 3 is 2.47 bits per heavy atom. The molecule has 11 nitrogen and oxygen atoms in total. The molecular formula is C25H21ClF6N8O3. The van der Waals surface area contributed by atoms with E-state index in [0.29, 0.717) is 14.5 Å². The number of hydrogen-bond acceptors (Lipinski definition) is 7. The van der Waals surface area contributed by atoms with Gasteiger partial charge < -0.3 is 10.0 Å². The number of rotatable bonds is 7. The number of likely N-dealkylation sites (tertiary alicyclic amines) is 1. The van der Waals surface area contributed by atoms with Crippen molar-refractivity contribution in [1.82, 2.24) is 39.0 Å². The summed E-state index contributed by atoms with van der Waals surface area (Å²) in [6.45, 7) is -1.68. The molecule has 5 rings (SSSR count). The van der Waals surface area contributed by atoms with Crippen molar-refractivity contribution < 1.29 is 36.2 Å². The topological polar surface area (TPSA) is 124 Å². The fourth-order valence-corrected chi connectivity index (χ4v) is 4.78. The number of carbonyl (C=O) groups is 1. The van der Waals surface area contributed by atoms with Gasteiger partial charge in [-0.3, -0.25) is 9.36 Å². The van der Waals surface area contributed by atoms with Crippen LogP contribution in [0, 0.1) is 0 Å². The molecule has 228 valence electrons. The fourth-order valence-electron chi connectivity index (χ4n) is 4.65. The Bertz CT molecular complexity index is 1680. The first kappa shape index (κ1) is 30.2. The third-order valence-electron chi connectivity index (χ3n) is 6.72. The van der Waals surface area contributed by atoms with E-state index in [1.165, 1.54) is 42.6 Å². The van der Waals surface area contributed by atoms with E-state index in [1.807, 2.05) is 0 Å². The standard InChI is InChI=1S/C25H21ClF6N8O3/c26-15-7-5-14(6-8-15)21-36-39(23(43)38(21)11-18(41)25(30,31)32)12-19-34-13-40(35-19)16-3-1-9-33-20(16)22(42)37-10-2-4-17(37)24(27,28)29/h1,3,5-9,13,17-18,41H,2,4,10-12H2/t17-,18+/m0/s1. The third kappa shape index (κ3) is 6.27. The van der Waals surface area contributed by atoms with E-state index >= 15 is 0 Å². The van der Waals surface area contributed by atoms with Gasteiger partial charge in [0.1, 0.15) is 18.9 Å². The van der Waals surface area contributed by atoms with Crippen molar-refractivity contribution in [2.75, 3.05) is 6.54 Å². The molecule has 0 saturated carbocycles. The van der Waals surface area contributed by atoms with E-state index in [-0.39, 0.29) is 48.0 Å². The molecule has 4 heterocycles. The minimum Gasteiger partial charge on any atom is -0.382 e. The van der Waals surface area contributed by atoms with Gasteiger partial charge in [0.2, 0.25) is 0 Å². The first-order valence-electron chi connectivity index (χ1n) is 12.7. The Morgan fingerprint density at radius 2 is 1.79 bits per heavy atom. The highest BCUT2D eigenvalue weighted by Gasteiger charge is 2.48. The number of aromatic nitrogens is 7. The van der Waals surface area contributed by atoms with E-state index in [2.05, 4.69) is 20.2 Å². The quantitative estimate of drug-likeness (QED) is 0.310. The van der Waals surface area contributed by atoms with Crippen molar-refractivity contribution in [3.8, 4) is 17.1 Å². The number of pyridine rings is 1. The second-order valence-corrected chi connectivity index (χ2v) is 10.0. The van der Waals surface area contributed by atoms with Crippen LogP contribution in [0.2, 0.25) is 5.02 Å². The average Bonchev–Trinajstić information content (AvgIpc) is 3.69. The number of benzene rings is 1. The Balaban J connectivity index is 1.46. The second kappa shape index (κ2) is 11.4. The Labute approximate surface area is 243 Å². The maximum atomic E-state index is 13.5. The van der Waals surface area contributed by atoms with E-state index in [9.17, 15) is 41.0 Å². The van der Waals surface area contributed by atoms with Crippen molar-refractivity contribution >= 4 is 17.5 Å². The molecule has 0 radical (unpaired) electrons. The highest BCUT2D eigenvalue weighted by Crippen LogP contribution is 2.34. The summed E-state index contributed by atoms with van der Waals surface area (Å²) in [5, 5.41) is 18.3. The molecule has 1 saturated heterocycles. The Hall–Kier alpha value is -4.25. The first-order valence-corrected chi connectivity index (χ1v) is 13.0. The Kier molecular flexibility index (Phi) is 8.04. The largest absolute Gasteiger partial charge is 0.416 e. The van der Waals surface area contributed by atoms with Gasteiger partial charge in [-0.2, -0.15) is 26.3 Å². The zero-order valence-electron chi connectivity index (χ0n) is 21.8. The molecule has 0 bridgehead atoms. The number of aliphatic hydroxyl groups excluding tert-OH is 1. The maximum Gasteiger partial charge on any atom is 0.416 e. The number of nitrogens with zero attached hydrogens (tertiary/aromatic N) is 8. The summed E-state index contributed by atoms with van der Waals surface area (Å²) in [6, 6.07) is 6.64. The second-order valence-electron chi connectivity index (χ2n) is 9.61.